The van der Waals surface area contributed by atoms with E-state index in [0.717, 1.165) is 83.5 Å². The standard InChI is InChI=1S/C34H53N5O8/c1-3-5-7-10-15-24-46-33-29(44-22-14-11-9-12-21-37-38-35)25-28(34(43)47-39-30(41)18-19-31(39)42)27(17-16-20-36-26-40)32(33)45-23-13-8-6-4-2/h25-26H,3-24H2,1-2H3,(H,36,40). The number of carbonyl (C=O) groups is 4. The predicted molar refractivity (Wildman–Crippen MR) is 177 cm³/mol. The van der Waals surface area contributed by atoms with Crippen molar-refractivity contribution in [3.63, 3.8) is 0 Å². The summed E-state index contributed by atoms with van der Waals surface area (Å²) in [5.74, 6) is -0.935. The van der Waals surface area contributed by atoms with Gasteiger partial charge in [-0.2, -0.15) is 0 Å². The Balaban J connectivity index is 2.47. The van der Waals surface area contributed by atoms with E-state index in [1.54, 1.807) is 6.07 Å². The summed E-state index contributed by atoms with van der Waals surface area (Å²) in [6.45, 7) is 6.26. The molecular formula is C34H53N5O8. The number of carbonyl (C=O) groups excluding carboxylic acids is 4. The van der Waals surface area contributed by atoms with Crippen molar-refractivity contribution in [2.75, 3.05) is 32.9 Å². The lowest BCUT2D eigenvalue weighted by molar-refractivity contribution is -0.172. The van der Waals surface area contributed by atoms with Gasteiger partial charge in [0, 0.05) is 36.4 Å². The second-order valence-corrected chi connectivity index (χ2v) is 11.6. The highest BCUT2D eigenvalue weighted by atomic mass is 16.7. The van der Waals surface area contributed by atoms with E-state index in [2.05, 4.69) is 29.2 Å². The van der Waals surface area contributed by atoms with Crippen LogP contribution >= 0.6 is 0 Å². The second-order valence-electron chi connectivity index (χ2n) is 11.6. The lowest BCUT2D eigenvalue weighted by Crippen LogP contribution is -2.32. The first-order valence-corrected chi connectivity index (χ1v) is 17.3. The molecule has 3 amide bonds. The monoisotopic (exact) mass is 659 g/mol. The summed E-state index contributed by atoms with van der Waals surface area (Å²) in [4.78, 5) is 57.3. The van der Waals surface area contributed by atoms with Crippen LogP contribution in [0.4, 0.5) is 0 Å². The number of ether oxygens (including phenoxy) is 3. The molecule has 13 heteroatoms. The van der Waals surface area contributed by atoms with Gasteiger partial charge in [-0.15, -0.1) is 5.06 Å². The first-order chi connectivity index (χ1) is 23.0. The van der Waals surface area contributed by atoms with Crippen LogP contribution in [0.5, 0.6) is 17.2 Å². The smallest absolute Gasteiger partial charge is 0.364 e. The first kappa shape index (κ1) is 39.2. The largest absolute Gasteiger partial charge is 0.490 e. The zero-order valence-electron chi connectivity index (χ0n) is 28.3. The van der Waals surface area contributed by atoms with Gasteiger partial charge < -0.3 is 24.4 Å². The minimum atomic E-state index is -0.878. The molecule has 2 rings (SSSR count). The van der Waals surface area contributed by atoms with Crippen molar-refractivity contribution >= 4 is 24.2 Å². The van der Waals surface area contributed by atoms with Crippen molar-refractivity contribution in [3.8, 4) is 17.2 Å². The zero-order valence-corrected chi connectivity index (χ0v) is 28.3. The van der Waals surface area contributed by atoms with Gasteiger partial charge in [-0.05, 0) is 50.1 Å². The normalized spacial score (nSPS) is 12.5. The summed E-state index contributed by atoms with van der Waals surface area (Å²) in [6.07, 6.45) is 13.8. The van der Waals surface area contributed by atoms with E-state index in [9.17, 15) is 19.2 Å². The topological polar surface area (TPSA) is 169 Å². The Kier molecular flexibility index (Phi) is 20.2. The Bertz CT molecular complexity index is 1160. The van der Waals surface area contributed by atoms with Crippen LogP contribution < -0.4 is 19.5 Å². The summed E-state index contributed by atoms with van der Waals surface area (Å²) < 4.78 is 19.0. The lowest BCUT2D eigenvalue weighted by Gasteiger charge is -2.23. The van der Waals surface area contributed by atoms with Gasteiger partial charge in [0.15, 0.2) is 11.5 Å². The number of nitrogens with zero attached hydrogens (tertiary/aromatic N) is 4. The van der Waals surface area contributed by atoms with E-state index in [1.807, 2.05) is 0 Å². The molecule has 47 heavy (non-hydrogen) atoms. The van der Waals surface area contributed by atoms with E-state index < -0.39 is 17.8 Å². The number of rotatable bonds is 28. The summed E-state index contributed by atoms with van der Waals surface area (Å²) in [5.41, 5.74) is 9.08. The number of unbranched alkanes of at least 4 members (excludes halogenated alkanes) is 10. The van der Waals surface area contributed by atoms with Crippen LogP contribution in [0.25, 0.3) is 10.4 Å². The molecular weight excluding hydrogens is 606 g/mol. The van der Waals surface area contributed by atoms with E-state index in [4.69, 9.17) is 24.6 Å². The Hall–Kier alpha value is -3.99. The fourth-order valence-electron chi connectivity index (χ4n) is 5.15. The van der Waals surface area contributed by atoms with Crippen LogP contribution in [0, 0.1) is 0 Å². The van der Waals surface area contributed by atoms with Gasteiger partial charge in [0.1, 0.15) is 0 Å². The Labute approximate surface area is 278 Å². The van der Waals surface area contributed by atoms with Crippen molar-refractivity contribution in [1.82, 2.24) is 10.4 Å². The third-order valence-corrected chi connectivity index (χ3v) is 7.75. The van der Waals surface area contributed by atoms with E-state index in [-0.39, 0.29) is 18.4 Å². The van der Waals surface area contributed by atoms with Crippen molar-refractivity contribution in [2.24, 2.45) is 5.11 Å². The van der Waals surface area contributed by atoms with E-state index in [1.165, 1.54) is 0 Å². The number of nitrogens with one attached hydrogen (secondary N) is 1. The second kappa shape index (κ2) is 24.2. The van der Waals surface area contributed by atoms with E-state index in [0.29, 0.717) is 80.0 Å². The van der Waals surface area contributed by atoms with Gasteiger partial charge in [-0.1, -0.05) is 76.7 Å². The minimum Gasteiger partial charge on any atom is -0.490 e. The fraction of sp³-hybridized carbons (Fsp3) is 0.706. The molecule has 0 saturated carbocycles. The Morgan fingerprint density at radius 1 is 0.851 bits per heavy atom. The van der Waals surface area contributed by atoms with Gasteiger partial charge in [0.2, 0.25) is 12.2 Å². The highest BCUT2D eigenvalue weighted by Crippen LogP contribution is 2.44. The number of imide groups is 1. The molecule has 1 aromatic carbocycles. The molecule has 1 heterocycles. The molecule has 0 aromatic heterocycles. The van der Waals surface area contributed by atoms with Crippen LogP contribution in [-0.2, 0) is 25.6 Å². The van der Waals surface area contributed by atoms with Crippen molar-refractivity contribution in [3.05, 3.63) is 27.6 Å². The van der Waals surface area contributed by atoms with Crippen molar-refractivity contribution in [1.29, 1.82) is 0 Å². The van der Waals surface area contributed by atoms with Crippen LogP contribution in [0.2, 0.25) is 0 Å². The van der Waals surface area contributed by atoms with Crippen LogP contribution in [0.1, 0.15) is 133 Å². The molecule has 1 fully saturated rings. The fourth-order valence-corrected chi connectivity index (χ4v) is 5.15. The minimum absolute atomic E-state index is 0.0231. The lowest BCUT2D eigenvalue weighted by atomic mass is 9.99. The van der Waals surface area contributed by atoms with E-state index >= 15 is 0 Å². The number of amides is 3. The molecule has 0 atom stereocenters. The molecule has 13 nitrogen and oxygen atoms in total. The van der Waals surface area contributed by atoms with Crippen LogP contribution in [0.15, 0.2) is 11.2 Å². The van der Waals surface area contributed by atoms with Gasteiger partial charge in [0.25, 0.3) is 11.8 Å². The number of hydroxylamine groups is 2. The molecule has 1 aromatic rings. The van der Waals surface area contributed by atoms with Crippen molar-refractivity contribution < 1.29 is 38.2 Å². The zero-order chi connectivity index (χ0) is 34.1. The van der Waals surface area contributed by atoms with Crippen molar-refractivity contribution in [2.45, 2.75) is 123 Å². The molecule has 0 aliphatic carbocycles. The highest BCUT2D eigenvalue weighted by molar-refractivity contribution is 6.03. The Morgan fingerprint density at radius 3 is 2.04 bits per heavy atom. The molecule has 0 unspecified atom stereocenters. The van der Waals surface area contributed by atoms with Gasteiger partial charge in [-0.3, -0.25) is 14.4 Å². The number of hydrogen-bond donors (Lipinski definition) is 1. The summed E-state index contributed by atoms with van der Waals surface area (Å²) in [6, 6.07) is 1.55. The molecule has 0 spiro atoms. The Morgan fingerprint density at radius 2 is 1.43 bits per heavy atom. The molecule has 262 valence electrons. The average molecular weight is 660 g/mol. The maximum atomic E-state index is 13.7. The molecule has 1 N–H and O–H groups in total. The molecule has 1 aliphatic rings. The van der Waals surface area contributed by atoms with Gasteiger partial charge in [-0.25, -0.2) is 4.79 Å². The number of hydrogen-bond acceptors (Lipinski definition) is 9. The van der Waals surface area contributed by atoms with Gasteiger partial charge in [0.05, 0.1) is 25.4 Å². The number of benzene rings is 1. The van der Waals surface area contributed by atoms with Crippen LogP contribution in [0.3, 0.4) is 0 Å². The quantitative estimate of drug-likeness (QED) is 0.0247. The average Bonchev–Trinajstić information content (AvgIpc) is 3.38. The maximum absolute atomic E-state index is 13.7. The summed E-state index contributed by atoms with van der Waals surface area (Å²) in [5, 5.41) is 6.75. The number of azide groups is 1. The highest BCUT2D eigenvalue weighted by Gasteiger charge is 2.35. The summed E-state index contributed by atoms with van der Waals surface area (Å²) in [7, 11) is 0. The summed E-state index contributed by atoms with van der Waals surface area (Å²) >= 11 is 0. The third kappa shape index (κ3) is 14.5. The predicted octanol–water partition coefficient (Wildman–Crippen LogP) is 7.14. The maximum Gasteiger partial charge on any atom is 0.364 e. The molecule has 0 bridgehead atoms. The van der Waals surface area contributed by atoms with Gasteiger partial charge >= 0.3 is 5.97 Å². The molecule has 1 aliphatic heterocycles. The van der Waals surface area contributed by atoms with Crippen LogP contribution in [-0.4, -0.2) is 62.2 Å². The first-order valence-electron chi connectivity index (χ1n) is 17.3. The SMILES string of the molecule is CCCCCCCOc1c(OCCCCCCN=[N+]=[N-])cc(C(=O)ON2C(=O)CCC2=O)c(CCCNC=O)c1OCCCCCC. The third-order valence-electron chi connectivity index (χ3n) is 7.75. The molecule has 0 radical (unpaired) electrons. The molecule has 1 saturated heterocycles.